The maximum absolute atomic E-state index is 11.8. The molecule has 2 atom stereocenters. The van der Waals surface area contributed by atoms with Crippen LogP contribution in [0, 0.1) is 5.92 Å². The summed E-state index contributed by atoms with van der Waals surface area (Å²) >= 11 is 0. The maximum Gasteiger partial charge on any atom is 0.319 e. The first-order chi connectivity index (χ1) is 8.77. The van der Waals surface area contributed by atoms with Crippen molar-refractivity contribution in [1.82, 2.24) is 0 Å². The van der Waals surface area contributed by atoms with E-state index in [9.17, 15) is 4.79 Å². The summed E-state index contributed by atoms with van der Waals surface area (Å²) in [7, 11) is 0. The van der Waals surface area contributed by atoms with Crippen LogP contribution in [0.2, 0.25) is 0 Å². The molecule has 0 saturated heterocycles. The highest BCUT2D eigenvalue weighted by Crippen LogP contribution is 2.32. The number of carbonyl (C=O) groups is 1. The predicted molar refractivity (Wildman–Crippen MR) is 73.1 cm³/mol. The van der Waals surface area contributed by atoms with Gasteiger partial charge in [0.05, 0.1) is 11.7 Å². The van der Waals surface area contributed by atoms with E-state index in [-0.39, 0.29) is 12.0 Å². The van der Waals surface area contributed by atoms with Gasteiger partial charge in [-0.05, 0) is 11.6 Å². The number of benzene rings is 1. The minimum absolute atomic E-state index is 0.0348. The highest BCUT2D eigenvalue weighted by molar-refractivity contribution is 5.95. The van der Waals surface area contributed by atoms with Crippen LogP contribution in [0.4, 0.5) is 10.5 Å². The standard InChI is InChI=1S/C15H14N2O/c16-15(18)17-13-7-3-1-5-11(13)9-10-12-6-2-4-8-14(12)17/h1-11,13H,(H2,16,18). The molecule has 2 amide bonds. The number of allylic oxidation sites excluding steroid dienone is 2. The van der Waals surface area contributed by atoms with E-state index in [1.807, 2.05) is 42.5 Å². The molecule has 90 valence electrons. The number of urea groups is 1. The van der Waals surface area contributed by atoms with Crippen LogP contribution >= 0.6 is 0 Å². The van der Waals surface area contributed by atoms with Crippen LogP contribution in [0.5, 0.6) is 0 Å². The molecule has 0 spiro atoms. The van der Waals surface area contributed by atoms with Crippen LogP contribution in [0.1, 0.15) is 5.56 Å². The van der Waals surface area contributed by atoms with Gasteiger partial charge in [0, 0.05) is 5.92 Å². The topological polar surface area (TPSA) is 46.3 Å². The zero-order valence-electron chi connectivity index (χ0n) is 9.86. The SMILES string of the molecule is NC(=O)N1c2ccccc2C=CC2C=CC=CC21. The Balaban J connectivity index is 2.16. The second kappa shape index (κ2) is 4.18. The Kier molecular flexibility index (Phi) is 2.52. The number of amides is 2. The van der Waals surface area contributed by atoms with Crippen molar-refractivity contribution >= 4 is 17.8 Å². The van der Waals surface area contributed by atoms with E-state index in [1.165, 1.54) is 0 Å². The molecule has 18 heavy (non-hydrogen) atoms. The van der Waals surface area contributed by atoms with Gasteiger partial charge in [0.15, 0.2) is 0 Å². The molecule has 3 nitrogen and oxygen atoms in total. The van der Waals surface area contributed by atoms with E-state index in [1.54, 1.807) is 4.90 Å². The average molecular weight is 238 g/mol. The summed E-state index contributed by atoms with van der Waals surface area (Å²) in [5.41, 5.74) is 7.45. The molecule has 2 unspecified atom stereocenters. The molecule has 0 fully saturated rings. The molecule has 1 aliphatic heterocycles. The lowest BCUT2D eigenvalue weighted by Gasteiger charge is -2.32. The zero-order chi connectivity index (χ0) is 12.5. The first kappa shape index (κ1) is 10.8. The molecular weight excluding hydrogens is 224 g/mol. The number of hydrogen-bond donors (Lipinski definition) is 1. The normalized spacial score (nSPS) is 24.3. The van der Waals surface area contributed by atoms with Crippen molar-refractivity contribution in [3.8, 4) is 0 Å². The van der Waals surface area contributed by atoms with Crippen molar-refractivity contribution in [3.05, 3.63) is 60.2 Å². The summed E-state index contributed by atoms with van der Waals surface area (Å²) in [5, 5.41) is 0. The van der Waals surface area contributed by atoms with Gasteiger partial charge in [0.2, 0.25) is 0 Å². The third-order valence-corrected chi connectivity index (χ3v) is 3.38. The van der Waals surface area contributed by atoms with Gasteiger partial charge in [-0.2, -0.15) is 0 Å². The zero-order valence-corrected chi connectivity index (χ0v) is 9.86. The highest BCUT2D eigenvalue weighted by atomic mass is 16.2. The average Bonchev–Trinajstić information content (AvgIpc) is 2.55. The van der Waals surface area contributed by atoms with Gasteiger partial charge >= 0.3 is 6.03 Å². The summed E-state index contributed by atoms with van der Waals surface area (Å²) in [4.78, 5) is 13.5. The molecule has 0 saturated carbocycles. The molecular formula is C15H14N2O. The molecule has 0 bridgehead atoms. The van der Waals surface area contributed by atoms with Crippen molar-refractivity contribution in [3.63, 3.8) is 0 Å². The second-order valence-electron chi connectivity index (χ2n) is 4.46. The van der Waals surface area contributed by atoms with Gasteiger partial charge in [-0.3, -0.25) is 4.90 Å². The third kappa shape index (κ3) is 1.64. The molecule has 0 aromatic heterocycles. The Morgan fingerprint density at radius 3 is 2.72 bits per heavy atom. The fourth-order valence-electron chi connectivity index (χ4n) is 2.54. The lowest BCUT2D eigenvalue weighted by Crippen LogP contribution is -2.46. The summed E-state index contributed by atoms with van der Waals surface area (Å²) < 4.78 is 0. The fraction of sp³-hybridized carbons (Fsp3) is 0.133. The van der Waals surface area contributed by atoms with Crippen molar-refractivity contribution in [2.45, 2.75) is 6.04 Å². The number of rotatable bonds is 0. The third-order valence-electron chi connectivity index (χ3n) is 3.38. The monoisotopic (exact) mass is 238 g/mol. The Morgan fingerprint density at radius 2 is 1.89 bits per heavy atom. The van der Waals surface area contributed by atoms with Gasteiger partial charge in [-0.25, -0.2) is 4.79 Å². The number of nitrogens with zero attached hydrogens (tertiary/aromatic N) is 1. The van der Waals surface area contributed by atoms with Gasteiger partial charge in [-0.15, -0.1) is 0 Å². The number of primary amides is 1. The predicted octanol–water partition coefficient (Wildman–Crippen LogP) is 2.71. The van der Waals surface area contributed by atoms with Crippen molar-refractivity contribution in [2.75, 3.05) is 4.90 Å². The van der Waals surface area contributed by atoms with E-state index in [2.05, 4.69) is 18.2 Å². The molecule has 1 aromatic rings. The minimum atomic E-state index is -0.416. The van der Waals surface area contributed by atoms with Gasteiger partial charge in [-0.1, -0.05) is 54.7 Å². The van der Waals surface area contributed by atoms with E-state index in [4.69, 9.17) is 5.73 Å². The van der Waals surface area contributed by atoms with E-state index < -0.39 is 6.03 Å². The van der Waals surface area contributed by atoms with Crippen LogP contribution in [0.25, 0.3) is 6.08 Å². The Bertz CT molecular complexity index is 572. The number of hydrogen-bond acceptors (Lipinski definition) is 1. The summed E-state index contributed by atoms with van der Waals surface area (Å²) in [6.07, 6.45) is 12.2. The molecule has 3 rings (SSSR count). The van der Waals surface area contributed by atoms with Crippen molar-refractivity contribution in [1.29, 1.82) is 0 Å². The van der Waals surface area contributed by atoms with Crippen LogP contribution in [-0.2, 0) is 0 Å². The molecule has 3 heteroatoms. The number of fused-ring (bicyclic) bond motifs is 2. The molecule has 1 aliphatic carbocycles. The van der Waals surface area contributed by atoms with Gasteiger partial charge in [0.1, 0.15) is 0 Å². The first-order valence-electron chi connectivity index (χ1n) is 5.98. The van der Waals surface area contributed by atoms with Crippen molar-refractivity contribution < 1.29 is 4.79 Å². The molecule has 0 radical (unpaired) electrons. The maximum atomic E-state index is 11.8. The number of para-hydroxylation sites is 1. The second-order valence-corrected chi connectivity index (χ2v) is 4.46. The van der Waals surface area contributed by atoms with Crippen LogP contribution < -0.4 is 10.6 Å². The smallest absolute Gasteiger partial charge is 0.319 e. The van der Waals surface area contributed by atoms with Crippen LogP contribution in [-0.4, -0.2) is 12.1 Å². The van der Waals surface area contributed by atoms with Gasteiger partial charge < -0.3 is 5.73 Å². The molecule has 2 N–H and O–H groups in total. The fourth-order valence-corrected chi connectivity index (χ4v) is 2.54. The van der Waals surface area contributed by atoms with Crippen LogP contribution in [0.15, 0.2) is 54.6 Å². The lowest BCUT2D eigenvalue weighted by molar-refractivity contribution is 0.252. The molecule has 2 aliphatic rings. The Hall–Kier alpha value is -2.29. The number of nitrogens with two attached hydrogens (primary N) is 1. The van der Waals surface area contributed by atoms with E-state index in [0.717, 1.165) is 11.3 Å². The highest BCUT2D eigenvalue weighted by Gasteiger charge is 2.30. The quantitative estimate of drug-likeness (QED) is 0.742. The van der Waals surface area contributed by atoms with Crippen LogP contribution in [0.3, 0.4) is 0 Å². The molecule has 1 aromatic carbocycles. The number of carbonyl (C=O) groups excluding carboxylic acids is 1. The lowest BCUT2D eigenvalue weighted by atomic mass is 9.94. The van der Waals surface area contributed by atoms with E-state index >= 15 is 0 Å². The van der Waals surface area contributed by atoms with E-state index in [0.29, 0.717) is 0 Å². The first-order valence-corrected chi connectivity index (χ1v) is 5.98. The summed E-state index contributed by atoms with van der Waals surface area (Å²) in [5.74, 6) is 0.176. The largest absolute Gasteiger partial charge is 0.351 e. The van der Waals surface area contributed by atoms with Gasteiger partial charge in [0.25, 0.3) is 0 Å². The minimum Gasteiger partial charge on any atom is -0.351 e. The number of anilines is 1. The summed E-state index contributed by atoms with van der Waals surface area (Å²) in [6.45, 7) is 0. The van der Waals surface area contributed by atoms with Crippen molar-refractivity contribution in [2.24, 2.45) is 11.7 Å². The Morgan fingerprint density at radius 1 is 1.11 bits per heavy atom. The molecule has 1 heterocycles. The Labute approximate surface area is 106 Å². The summed E-state index contributed by atoms with van der Waals surface area (Å²) in [6, 6.07) is 7.35.